The van der Waals surface area contributed by atoms with Gasteiger partial charge in [-0.3, -0.25) is 9.10 Å². The molecule has 22 heavy (non-hydrogen) atoms. The van der Waals surface area contributed by atoms with Gasteiger partial charge in [-0.1, -0.05) is 17.7 Å². The van der Waals surface area contributed by atoms with Gasteiger partial charge in [0.25, 0.3) is 10.0 Å². The fraction of sp³-hybridized carbons (Fsp3) is 0.133. The summed E-state index contributed by atoms with van der Waals surface area (Å²) in [6.45, 7) is 0. The first-order valence-corrected chi connectivity index (χ1v) is 9.22. The third-order valence-corrected chi connectivity index (χ3v) is 6.39. The minimum absolute atomic E-state index is 0.0824. The second kappa shape index (κ2) is 5.87. The molecule has 1 aliphatic heterocycles. The molecular weight excluding hydrogens is 342 g/mol. The van der Waals surface area contributed by atoms with Crippen molar-refractivity contribution in [3.05, 3.63) is 64.0 Å². The maximum absolute atomic E-state index is 12.8. The lowest BCUT2D eigenvalue weighted by molar-refractivity contribution is -0.115. The summed E-state index contributed by atoms with van der Waals surface area (Å²) in [5.41, 5.74) is 0. The number of carbonyl (C=O) groups is 1. The van der Waals surface area contributed by atoms with Crippen LogP contribution in [-0.2, 0) is 14.8 Å². The third-order valence-electron chi connectivity index (χ3n) is 3.37. The van der Waals surface area contributed by atoms with Gasteiger partial charge in [0.2, 0.25) is 0 Å². The molecule has 0 N–H and O–H groups in total. The van der Waals surface area contributed by atoms with Crippen molar-refractivity contribution in [1.29, 1.82) is 0 Å². The van der Waals surface area contributed by atoms with E-state index in [1.807, 2.05) is 17.5 Å². The largest absolute Gasteiger partial charge is 0.295 e. The first-order chi connectivity index (χ1) is 10.5. The molecule has 7 heteroatoms. The van der Waals surface area contributed by atoms with E-state index in [0.29, 0.717) is 5.02 Å². The predicted octanol–water partition coefficient (Wildman–Crippen LogP) is 3.62. The van der Waals surface area contributed by atoms with E-state index in [1.165, 1.54) is 52.2 Å². The van der Waals surface area contributed by atoms with Gasteiger partial charge in [0.15, 0.2) is 5.78 Å². The molecule has 2 aromatic rings. The molecule has 0 amide bonds. The van der Waals surface area contributed by atoms with Gasteiger partial charge < -0.3 is 0 Å². The summed E-state index contributed by atoms with van der Waals surface area (Å²) in [6.07, 6.45) is 2.79. The summed E-state index contributed by atoms with van der Waals surface area (Å²) in [6, 6.07) is 9.18. The summed E-state index contributed by atoms with van der Waals surface area (Å²) in [7, 11) is -3.74. The maximum Gasteiger partial charge on any atom is 0.264 e. The van der Waals surface area contributed by atoms with Crippen LogP contribution in [0.1, 0.15) is 17.3 Å². The Kier molecular flexibility index (Phi) is 4.08. The Hall–Kier alpha value is -1.63. The lowest BCUT2D eigenvalue weighted by Crippen LogP contribution is -2.34. The van der Waals surface area contributed by atoms with Gasteiger partial charge in [-0.2, -0.15) is 0 Å². The smallest absolute Gasteiger partial charge is 0.264 e. The molecule has 1 aromatic heterocycles. The van der Waals surface area contributed by atoms with Crippen molar-refractivity contribution in [2.24, 2.45) is 0 Å². The van der Waals surface area contributed by atoms with E-state index >= 15 is 0 Å². The van der Waals surface area contributed by atoms with Crippen molar-refractivity contribution >= 4 is 38.7 Å². The van der Waals surface area contributed by atoms with Crippen LogP contribution in [0.2, 0.25) is 5.02 Å². The molecule has 1 aliphatic rings. The Bertz CT molecular complexity index is 811. The molecule has 1 unspecified atom stereocenters. The fourth-order valence-corrected chi connectivity index (χ4v) is 4.78. The van der Waals surface area contributed by atoms with E-state index in [2.05, 4.69) is 0 Å². The van der Waals surface area contributed by atoms with Crippen LogP contribution in [0.4, 0.5) is 0 Å². The van der Waals surface area contributed by atoms with Crippen molar-refractivity contribution in [2.75, 3.05) is 0 Å². The van der Waals surface area contributed by atoms with Crippen LogP contribution in [0.25, 0.3) is 0 Å². The van der Waals surface area contributed by atoms with Crippen molar-refractivity contribution in [2.45, 2.75) is 17.4 Å². The summed E-state index contributed by atoms with van der Waals surface area (Å²) in [5, 5.41) is 2.34. The van der Waals surface area contributed by atoms with Crippen LogP contribution >= 0.6 is 22.9 Å². The number of hydrogen-bond donors (Lipinski definition) is 0. The number of rotatable bonds is 3. The number of halogens is 1. The first-order valence-electron chi connectivity index (χ1n) is 6.52. The number of thiophene rings is 1. The van der Waals surface area contributed by atoms with E-state index in [0.717, 1.165) is 4.88 Å². The molecule has 0 fully saturated rings. The van der Waals surface area contributed by atoms with Gasteiger partial charge in [-0.05, 0) is 41.8 Å². The molecule has 1 aromatic carbocycles. The summed E-state index contributed by atoms with van der Waals surface area (Å²) in [5.74, 6) is -0.0824. The summed E-state index contributed by atoms with van der Waals surface area (Å²) >= 11 is 7.25. The number of carbonyl (C=O) groups excluding carboxylic acids is 1. The molecule has 0 saturated carbocycles. The van der Waals surface area contributed by atoms with Gasteiger partial charge in [0.1, 0.15) is 0 Å². The van der Waals surface area contributed by atoms with Gasteiger partial charge in [-0.15, -0.1) is 11.3 Å². The van der Waals surface area contributed by atoms with Crippen molar-refractivity contribution in [1.82, 2.24) is 4.31 Å². The van der Waals surface area contributed by atoms with Crippen LogP contribution in [-0.4, -0.2) is 18.5 Å². The minimum atomic E-state index is -3.74. The molecule has 0 bridgehead atoms. The molecule has 0 spiro atoms. The van der Waals surface area contributed by atoms with E-state index in [9.17, 15) is 13.2 Å². The number of allylic oxidation sites excluding steroid dienone is 1. The molecule has 0 aliphatic carbocycles. The highest BCUT2D eigenvalue weighted by molar-refractivity contribution is 7.89. The highest BCUT2D eigenvalue weighted by Crippen LogP contribution is 2.35. The van der Waals surface area contributed by atoms with Crippen LogP contribution in [0, 0.1) is 0 Å². The average molecular weight is 354 g/mol. The number of benzene rings is 1. The fourth-order valence-electron chi connectivity index (χ4n) is 2.29. The third kappa shape index (κ3) is 2.82. The molecule has 114 valence electrons. The molecule has 2 heterocycles. The normalized spacial score (nSPS) is 18.7. The van der Waals surface area contributed by atoms with Crippen molar-refractivity contribution in [3.63, 3.8) is 0 Å². The van der Waals surface area contributed by atoms with E-state index in [-0.39, 0.29) is 17.1 Å². The Morgan fingerprint density at radius 2 is 1.91 bits per heavy atom. The predicted molar refractivity (Wildman–Crippen MR) is 86.3 cm³/mol. The second-order valence-electron chi connectivity index (χ2n) is 4.81. The molecule has 1 atom stereocenters. The molecule has 0 saturated heterocycles. The Morgan fingerprint density at radius 1 is 1.18 bits per heavy atom. The van der Waals surface area contributed by atoms with Gasteiger partial charge in [0.05, 0.1) is 10.9 Å². The number of sulfonamides is 1. The van der Waals surface area contributed by atoms with E-state index < -0.39 is 16.1 Å². The number of hydrogen-bond acceptors (Lipinski definition) is 4. The standard InChI is InChI=1S/C15H12ClNO3S2/c16-11-3-5-13(6-4-11)22(19,20)17-8-7-12(18)10-14(17)15-2-1-9-21-15/h1-9,14H,10H2. The molecule has 4 nitrogen and oxygen atoms in total. The average Bonchev–Trinajstić information content (AvgIpc) is 3.01. The number of ketones is 1. The molecule has 0 radical (unpaired) electrons. The first kappa shape index (κ1) is 15.3. The maximum atomic E-state index is 12.8. The summed E-state index contributed by atoms with van der Waals surface area (Å²) < 4.78 is 26.9. The van der Waals surface area contributed by atoms with Gasteiger partial charge in [-0.25, -0.2) is 8.42 Å². The summed E-state index contributed by atoms with van der Waals surface area (Å²) in [4.78, 5) is 12.7. The van der Waals surface area contributed by atoms with Crippen LogP contribution < -0.4 is 0 Å². The highest BCUT2D eigenvalue weighted by Gasteiger charge is 2.34. The van der Waals surface area contributed by atoms with Crippen molar-refractivity contribution in [3.8, 4) is 0 Å². The highest BCUT2D eigenvalue weighted by atomic mass is 35.5. The zero-order valence-electron chi connectivity index (χ0n) is 11.3. The van der Waals surface area contributed by atoms with E-state index in [4.69, 9.17) is 11.6 Å². The topological polar surface area (TPSA) is 54.5 Å². The van der Waals surface area contributed by atoms with Crippen LogP contribution in [0.5, 0.6) is 0 Å². The van der Waals surface area contributed by atoms with Crippen LogP contribution in [0.15, 0.2) is 58.9 Å². The molecular formula is C15H12ClNO3S2. The lowest BCUT2D eigenvalue weighted by atomic mass is 10.1. The van der Waals surface area contributed by atoms with E-state index in [1.54, 1.807) is 0 Å². The monoisotopic (exact) mass is 353 g/mol. The minimum Gasteiger partial charge on any atom is -0.295 e. The number of nitrogens with zero attached hydrogens (tertiary/aromatic N) is 1. The lowest BCUT2D eigenvalue weighted by Gasteiger charge is -2.31. The zero-order chi connectivity index (χ0) is 15.7. The zero-order valence-corrected chi connectivity index (χ0v) is 13.7. The second-order valence-corrected chi connectivity index (χ2v) is 8.07. The quantitative estimate of drug-likeness (QED) is 0.846. The Balaban J connectivity index is 2.05. The SMILES string of the molecule is O=C1C=CN(S(=O)(=O)c2ccc(Cl)cc2)C(c2cccs2)C1. The Morgan fingerprint density at radius 3 is 2.55 bits per heavy atom. The Labute approximate surface area is 137 Å². The van der Waals surface area contributed by atoms with Crippen LogP contribution in [0.3, 0.4) is 0 Å². The van der Waals surface area contributed by atoms with Gasteiger partial charge >= 0.3 is 0 Å². The van der Waals surface area contributed by atoms with Gasteiger partial charge in [0, 0.05) is 22.5 Å². The van der Waals surface area contributed by atoms with Crippen molar-refractivity contribution < 1.29 is 13.2 Å². The molecule has 3 rings (SSSR count).